The van der Waals surface area contributed by atoms with Gasteiger partial charge in [-0.2, -0.15) is 17.4 Å². The topological polar surface area (TPSA) is 86.7 Å². The minimum absolute atomic E-state index is 0.265. The van der Waals surface area contributed by atoms with Crippen LogP contribution in [0.4, 0.5) is 0 Å². The number of hydrogen-bond donors (Lipinski definition) is 2. The van der Waals surface area contributed by atoms with E-state index in [9.17, 15) is 18.3 Å². The molecular formula is C12H24N2O4S. The normalized spacial score (nSPS) is 26.3. The van der Waals surface area contributed by atoms with Crippen LogP contribution in [0.5, 0.6) is 0 Å². The van der Waals surface area contributed by atoms with Gasteiger partial charge in [0.05, 0.1) is 0 Å². The number of aliphatic carboxylic acids is 1. The lowest BCUT2D eigenvalue weighted by molar-refractivity contribution is -0.143. The Morgan fingerprint density at radius 2 is 2.00 bits per heavy atom. The van der Waals surface area contributed by atoms with Gasteiger partial charge in [-0.1, -0.05) is 13.3 Å². The highest BCUT2D eigenvalue weighted by Crippen LogP contribution is 2.27. The second-order valence-electron chi connectivity index (χ2n) is 6.12. The molecule has 1 heterocycles. The number of piperidine rings is 1. The summed E-state index contributed by atoms with van der Waals surface area (Å²) in [5.74, 6) is -0.792. The van der Waals surface area contributed by atoms with Crippen LogP contribution in [0.3, 0.4) is 0 Å². The Morgan fingerprint density at radius 1 is 1.42 bits per heavy atom. The van der Waals surface area contributed by atoms with E-state index in [0.29, 0.717) is 12.8 Å². The summed E-state index contributed by atoms with van der Waals surface area (Å²) in [4.78, 5) is 11.3. The molecule has 2 unspecified atom stereocenters. The first-order valence-electron chi connectivity index (χ1n) is 6.60. The fourth-order valence-corrected chi connectivity index (χ4v) is 4.09. The molecule has 0 bridgehead atoms. The minimum Gasteiger partial charge on any atom is -0.480 e. The first-order chi connectivity index (χ1) is 8.57. The van der Waals surface area contributed by atoms with Crippen LogP contribution in [0.1, 0.15) is 47.0 Å². The average molecular weight is 292 g/mol. The highest BCUT2D eigenvalue weighted by molar-refractivity contribution is 7.87. The quantitative estimate of drug-likeness (QED) is 0.815. The number of rotatable bonds is 4. The van der Waals surface area contributed by atoms with E-state index in [1.54, 1.807) is 20.8 Å². The van der Waals surface area contributed by atoms with Gasteiger partial charge in [0.25, 0.3) is 10.2 Å². The lowest BCUT2D eigenvalue weighted by Crippen LogP contribution is -2.56. The van der Waals surface area contributed by atoms with E-state index in [2.05, 4.69) is 4.72 Å². The molecule has 1 saturated heterocycles. The van der Waals surface area contributed by atoms with Crippen LogP contribution < -0.4 is 4.72 Å². The molecular weight excluding hydrogens is 268 g/mol. The van der Waals surface area contributed by atoms with Crippen molar-refractivity contribution in [3.8, 4) is 0 Å². The maximum Gasteiger partial charge on any atom is 0.322 e. The largest absolute Gasteiger partial charge is 0.480 e. The van der Waals surface area contributed by atoms with Crippen LogP contribution in [0.25, 0.3) is 0 Å². The van der Waals surface area contributed by atoms with Crippen molar-refractivity contribution in [1.29, 1.82) is 0 Å². The number of nitrogens with one attached hydrogen (secondary N) is 1. The molecule has 1 aliphatic rings. The monoisotopic (exact) mass is 292 g/mol. The maximum atomic E-state index is 12.3. The highest BCUT2D eigenvalue weighted by atomic mass is 32.2. The second-order valence-corrected chi connectivity index (χ2v) is 7.74. The maximum absolute atomic E-state index is 12.3. The van der Waals surface area contributed by atoms with Crippen molar-refractivity contribution < 1.29 is 18.3 Å². The molecule has 0 aromatic carbocycles. The summed E-state index contributed by atoms with van der Waals surface area (Å²) in [5.41, 5.74) is -0.622. The van der Waals surface area contributed by atoms with Crippen molar-refractivity contribution in [3.63, 3.8) is 0 Å². The van der Waals surface area contributed by atoms with Crippen molar-refractivity contribution in [2.45, 2.75) is 58.5 Å². The zero-order valence-corrected chi connectivity index (χ0v) is 12.8. The van der Waals surface area contributed by atoms with E-state index in [-0.39, 0.29) is 12.5 Å². The molecule has 0 aliphatic carbocycles. The molecule has 0 saturated carbocycles. The third-order valence-corrected chi connectivity index (χ3v) is 5.19. The molecule has 112 valence electrons. The first-order valence-corrected chi connectivity index (χ1v) is 8.04. The number of hydrogen-bond acceptors (Lipinski definition) is 3. The third kappa shape index (κ3) is 4.43. The van der Waals surface area contributed by atoms with Crippen molar-refractivity contribution in [2.24, 2.45) is 5.92 Å². The Kier molecular flexibility index (Phi) is 4.97. The average Bonchev–Trinajstić information content (AvgIpc) is 2.24. The van der Waals surface area contributed by atoms with Crippen molar-refractivity contribution in [2.75, 3.05) is 6.54 Å². The summed E-state index contributed by atoms with van der Waals surface area (Å²) < 4.78 is 28.1. The Morgan fingerprint density at radius 3 is 2.42 bits per heavy atom. The fraction of sp³-hybridized carbons (Fsp3) is 0.917. The van der Waals surface area contributed by atoms with Crippen molar-refractivity contribution in [3.05, 3.63) is 0 Å². The molecule has 0 radical (unpaired) electrons. The molecule has 0 amide bonds. The van der Waals surface area contributed by atoms with Crippen molar-refractivity contribution in [1.82, 2.24) is 9.03 Å². The van der Waals surface area contributed by atoms with E-state index in [0.717, 1.165) is 10.7 Å². The molecule has 19 heavy (non-hydrogen) atoms. The van der Waals surface area contributed by atoms with E-state index < -0.39 is 27.8 Å². The Bertz CT molecular complexity index is 428. The summed E-state index contributed by atoms with van der Waals surface area (Å²) in [6.07, 6.45) is 1.98. The summed E-state index contributed by atoms with van der Waals surface area (Å²) >= 11 is 0. The van der Waals surface area contributed by atoms with E-state index in [1.807, 2.05) is 6.92 Å². The van der Waals surface area contributed by atoms with Crippen LogP contribution in [0, 0.1) is 5.92 Å². The SMILES string of the molecule is CCC1CCN(S(=O)(=O)NC(C)(C)C)C(C(=O)O)C1. The predicted octanol–water partition coefficient (Wildman–Crippen LogP) is 1.19. The molecule has 7 heteroatoms. The van der Waals surface area contributed by atoms with Gasteiger partial charge in [0.15, 0.2) is 0 Å². The van der Waals surface area contributed by atoms with Gasteiger partial charge in [-0.3, -0.25) is 4.79 Å². The van der Waals surface area contributed by atoms with Gasteiger partial charge < -0.3 is 5.11 Å². The lowest BCUT2D eigenvalue weighted by Gasteiger charge is -2.37. The van der Waals surface area contributed by atoms with E-state index in [4.69, 9.17) is 0 Å². The Balaban J connectivity index is 2.94. The van der Waals surface area contributed by atoms with Gasteiger partial charge in [-0.15, -0.1) is 0 Å². The molecule has 2 atom stereocenters. The molecule has 0 aromatic rings. The highest BCUT2D eigenvalue weighted by Gasteiger charge is 2.40. The molecule has 0 spiro atoms. The second kappa shape index (κ2) is 5.76. The van der Waals surface area contributed by atoms with Gasteiger partial charge in [0.1, 0.15) is 6.04 Å². The van der Waals surface area contributed by atoms with Crippen LogP contribution in [0.15, 0.2) is 0 Å². The molecule has 1 aliphatic heterocycles. The van der Waals surface area contributed by atoms with Crippen LogP contribution >= 0.6 is 0 Å². The standard InChI is InChI=1S/C12H24N2O4S/c1-5-9-6-7-14(10(8-9)11(15)16)19(17,18)13-12(2,3)4/h9-10,13H,5-8H2,1-4H3,(H,15,16). The van der Waals surface area contributed by atoms with E-state index >= 15 is 0 Å². The van der Waals surface area contributed by atoms with Crippen LogP contribution in [-0.2, 0) is 15.0 Å². The Hall–Kier alpha value is -0.660. The summed E-state index contributed by atoms with van der Waals surface area (Å²) in [6, 6.07) is -0.960. The summed E-state index contributed by atoms with van der Waals surface area (Å²) in [6.45, 7) is 7.47. The third-order valence-electron chi connectivity index (χ3n) is 3.27. The van der Waals surface area contributed by atoms with E-state index in [1.165, 1.54) is 0 Å². The summed E-state index contributed by atoms with van der Waals surface area (Å²) in [7, 11) is -3.76. The zero-order chi connectivity index (χ0) is 14.8. The van der Waals surface area contributed by atoms with Crippen LogP contribution in [0.2, 0.25) is 0 Å². The molecule has 2 N–H and O–H groups in total. The number of carboxylic acid groups (broad SMARTS) is 1. The van der Waals surface area contributed by atoms with Gasteiger partial charge in [0.2, 0.25) is 0 Å². The predicted molar refractivity (Wildman–Crippen MR) is 73.0 cm³/mol. The van der Waals surface area contributed by atoms with Gasteiger partial charge in [-0.25, -0.2) is 0 Å². The Labute approximate surface area is 115 Å². The first kappa shape index (κ1) is 16.4. The zero-order valence-electron chi connectivity index (χ0n) is 12.0. The summed E-state index contributed by atoms with van der Waals surface area (Å²) in [5, 5.41) is 9.25. The lowest BCUT2D eigenvalue weighted by atomic mass is 9.90. The number of carboxylic acids is 1. The fourth-order valence-electron chi connectivity index (χ4n) is 2.34. The number of carbonyl (C=O) groups is 1. The van der Waals surface area contributed by atoms with Crippen molar-refractivity contribution >= 4 is 16.2 Å². The minimum atomic E-state index is -3.76. The molecule has 1 rings (SSSR count). The van der Waals surface area contributed by atoms with Gasteiger partial charge in [0, 0.05) is 12.1 Å². The molecule has 1 fully saturated rings. The van der Waals surface area contributed by atoms with Gasteiger partial charge in [-0.05, 0) is 39.5 Å². The van der Waals surface area contributed by atoms with Crippen LogP contribution in [-0.4, -0.2) is 41.9 Å². The molecule has 6 nitrogen and oxygen atoms in total. The number of nitrogens with zero attached hydrogens (tertiary/aromatic N) is 1. The van der Waals surface area contributed by atoms with Gasteiger partial charge >= 0.3 is 5.97 Å². The smallest absolute Gasteiger partial charge is 0.322 e. The molecule has 0 aromatic heterocycles.